The molecule has 1 aliphatic heterocycles. The highest BCUT2D eigenvalue weighted by molar-refractivity contribution is 6.31. The number of nitrogens with zero attached hydrogens (tertiary/aromatic N) is 2. The quantitative estimate of drug-likeness (QED) is 0.668. The lowest BCUT2D eigenvalue weighted by atomic mass is 10.2. The van der Waals surface area contributed by atoms with Crippen LogP contribution in [0.3, 0.4) is 0 Å². The maximum atomic E-state index is 12.9. The predicted molar refractivity (Wildman–Crippen MR) is 114 cm³/mol. The van der Waals surface area contributed by atoms with E-state index in [-0.39, 0.29) is 19.0 Å². The number of benzene rings is 2. The normalized spacial score (nSPS) is 12.1. The van der Waals surface area contributed by atoms with Crippen molar-refractivity contribution in [3.8, 4) is 11.5 Å². The summed E-state index contributed by atoms with van der Waals surface area (Å²) in [5.41, 5.74) is 2.31. The van der Waals surface area contributed by atoms with Gasteiger partial charge in [0.1, 0.15) is 5.75 Å². The van der Waals surface area contributed by atoms with Crippen LogP contribution < -0.4 is 20.3 Å². The monoisotopic (exact) mass is 422 g/mol. The molecule has 0 unspecified atom stereocenters. The van der Waals surface area contributed by atoms with E-state index < -0.39 is 6.03 Å². The molecule has 0 bridgehead atoms. The van der Waals surface area contributed by atoms with Gasteiger partial charge in [0.05, 0.1) is 18.8 Å². The number of para-hydroxylation sites is 1. The van der Waals surface area contributed by atoms with E-state index in [2.05, 4.69) is 15.6 Å². The average Bonchev–Trinajstić information content (AvgIpc) is 2.93. The second-order valence-electron chi connectivity index (χ2n) is 6.70. The summed E-state index contributed by atoms with van der Waals surface area (Å²) in [5, 5.41) is 5.92. The van der Waals surface area contributed by atoms with Gasteiger partial charge in [-0.05, 0) is 42.0 Å². The molecule has 0 aliphatic carbocycles. The molecular weight excluding hydrogens is 404 g/mol. The molecule has 2 heterocycles. The van der Waals surface area contributed by atoms with Crippen LogP contribution in [-0.2, 0) is 17.9 Å². The van der Waals surface area contributed by atoms with Crippen LogP contribution in [0.1, 0.15) is 11.1 Å². The van der Waals surface area contributed by atoms with Gasteiger partial charge < -0.3 is 15.4 Å². The lowest BCUT2D eigenvalue weighted by Crippen LogP contribution is -2.44. The standard InChI is InChI=1S/C22H19ClN4O3/c23-17-5-6-20-18(11-17)27(14-16-3-1-2-4-19(16)30-20)22(29)26-13-21(28)25-12-15-7-9-24-10-8-15/h1-11H,12-14H2,(H,25,28)(H,26,29). The Hall–Kier alpha value is -3.58. The number of ether oxygens (including phenoxy) is 1. The average molecular weight is 423 g/mol. The number of nitrogens with one attached hydrogen (secondary N) is 2. The van der Waals surface area contributed by atoms with Crippen molar-refractivity contribution in [2.45, 2.75) is 13.1 Å². The lowest BCUT2D eigenvalue weighted by Gasteiger charge is -2.22. The van der Waals surface area contributed by atoms with Gasteiger partial charge in [0, 0.05) is 29.5 Å². The number of halogens is 1. The van der Waals surface area contributed by atoms with Crippen molar-refractivity contribution in [2.24, 2.45) is 0 Å². The molecule has 0 spiro atoms. The van der Waals surface area contributed by atoms with Crippen LogP contribution in [0.25, 0.3) is 0 Å². The van der Waals surface area contributed by atoms with Crippen molar-refractivity contribution < 1.29 is 14.3 Å². The zero-order chi connectivity index (χ0) is 20.9. The minimum absolute atomic E-state index is 0.154. The highest BCUT2D eigenvalue weighted by Crippen LogP contribution is 2.40. The fourth-order valence-corrected chi connectivity index (χ4v) is 3.26. The number of urea groups is 1. The third-order valence-corrected chi connectivity index (χ3v) is 4.85. The molecule has 2 N–H and O–H groups in total. The van der Waals surface area contributed by atoms with Crippen molar-refractivity contribution in [1.29, 1.82) is 0 Å². The van der Waals surface area contributed by atoms with E-state index in [1.165, 1.54) is 4.90 Å². The summed E-state index contributed by atoms with van der Waals surface area (Å²) >= 11 is 6.16. The SMILES string of the molecule is O=C(CNC(=O)N1Cc2ccccc2Oc2ccc(Cl)cc21)NCc1ccncc1. The zero-order valence-corrected chi connectivity index (χ0v) is 16.7. The van der Waals surface area contributed by atoms with Gasteiger partial charge in [0.15, 0.2) is 5.75 Å². The van der Waals surface area contributed by atoms with Crippen molar-refractivity contribution in [2.75, 3.05) is 11.4 Å². The number of carbonyl (C=O) groups excluding carboxylic acids is 2. The molecule has 0 saturated heterocycles. The maximum Gasteiger partial charge on any atom is 0.322 e. The Morgan fingerprint density at radius 1 is 1.03 bits per heavy atom. The minimum Gasteiger partial charge on any atom is -0.455 e. The Labute approximate surface area is 178 Å². The lowest BCUT2D eigenvalue weighted by molar-refractivity contribution is -0.120. The fourth-order valence-electron chi connectivity index (χ4n) is 3.09. The van der Waals surface area contributed by atoms with Crippen molar-refractivity contribution in [3.63, 3.8) is 0 Å². The van der Waals surface area contributed by atoms with E-state index >= 15 is 0 Å². The summed E-state index contributed by atoms with van der Waals surface area (Å²) in [7, 11) is 0. The van der Waals surface area contributed by atoms with Gasteiger partial charge in [0.2, 0.25) is 5.91 Å². The van der Waals surface area contributed by atoms with Gasteiger partial charge in [-0.15, -0.1) is 0 Å². The van der Waals surface area contributed by atoms with Crippen molar-refractivity contribution in [1.82, 2.24) is 15.6 Å². The van der Waals surface area contributed by atoms with E-state index in [0.717, 1.165) is 11.1 Å². The van der Waals surface area contributed by atoms with Crippen LogP contribution in [0.5, 0.6) is 11.5 Å². The Morgan fingerprint density at radius 2 is 1.83 bits per heavy atom. The molecule has 0 atom stereocenters. The number of pyridine rings is 1. The van der Waals surface area contributed by atoms with Crippen LogP contribution in [0.15, 0.2) is 67.0 Å². The van der Waals surface area contributed by atoms with Gasteiger partial charge >= 0.3 is 6.03 Å². The molecular formula is C22H19ClN4O3. The second-order valence-corrected chi connectivity index (χ2v) is 7.14. The molecule has 3 amide bonds. The first-order valence-electron chi connectivity index (χ1n) is 9.36. The van der Waals surface area contributed by atoms with Crippen LogP contribution >= 0.6 is 11.6 Å². The van der Waals surface area contributed by atoms with E-state index in [1.54, 1.807) is 30.6 Å². The third-order valence-electron chi connectivity index (χ3n) is 4.62. The maximum absolute atomic E-state index is 12.9. The molecule has 1 aliphatic rings. The van der Waals surface area contributed by atoms with Crippen LogP contribution in [-0.4, -0.2) is 23.5 Å². The Balaban J connectivity index is 1.46. The largest absolute Gasteiger partial charge is 0.455 e. The van der Waals surface area contributed by atoms with Gasteiger partial charge in [-0.2, -0.15) is 0 Å². The van der Waals surface area contributed by atoms with Gasteiger partial charge in [-0.3, -0.25) is 14.7 Å². The molecule has 30 heavy (non-hydrogen) atoms. The number of fused-ring (bicyclic) bond motifs is 2. The van der Waals surface area contributed by atoms with Gasteiger partial charge in [0.25, 0.3) is 0 Å². The summed E-state index contributed by atoms with van der Waals surface area (Å²) in [6.45, 7) is 0.493. The number of rotatable bonds is 4. The number of anilines is 1. The Bertz CT molecular complexity index is 1070. The number of aromatic nitrogens is 1. The van der Waals surface area contributed by atoms with Crippen LogP contribution in [0.2, 0.25) is 5.02 Å². The fraction of sp³-hybridized carbons (Fsp3) is 0.136. The molecule has 8 heteroatoms. The smallest absolute Gasteiger partial charge is 0.322 e. The molecule has 7 nitrogen and oxygen atoms in total. The first-order valence-corrected chi connectivity index (χ1v) is 9.74. The summed E-state index contributed by atoms with van der Waals surface area (Å²) in [4.78, 5) is 30.6. The molecule has 152 valence electrons. The zero-order valence-electron chi connectivity index (χ0n) is 16.0. The Morgan fingerprint density at radius 3 is 2.67 bits per heavy atom. The highest BCUT2D eigenvalue weighted by atomic mass is 35.5. The summed E-state index contributed by atoms with van der Waals surface area (Å²) in [5.74, 6) is 0.894. The Kier molecular flexibility index (Phi) is 5.81. The summed E-state index contributed by atoms with van der Waals surface area (Å²) in [6, 6.07) is 15.8. The van der Waals surface area contributed by atoms with E-state index in [9.17, 15) is 9.59 Å². The highest BCUT2D eigenvalue weighted by Gasteiger charge is 2.25. The van der Waals surface area contributed by atoms with E-state index in [1.807, 2.05) is 36.4 Å². The summed E-state index contributed by atoms with van der Waals surface area (Å²) in [6.07, 6.45) is 3.32. The third kappa shape index (κ3) is 4.52. The predicted octanol–water partition coefficient (Wildman–Crippen LogP) is 3.87. The molecule has 0 radical (unpaired) electrons. The minimum atomic E-state index is -0.419. The van der Waals surface area contributed by atoms with Crippen LogP contribution in [0, 0.1) is 0 Å². The van der Waals surface area contributed by atoms with Gasteiger partial charge in [-0.25, -0.2) is 4.79 Å². The molecule has 0 saturated carbocycles. The van der Waals surface area contributed by atoms with E-state index in [4.69, 9.17) is 16.3 Å². The molecule has 3 aromatic rings. The molecule has 4 rings (SSSR count). The number of carbonyl (C=O) groups is 2. The molecule has 1 aromatic heterocycles. The first kappa shape index (κ1) is 19.7. The first-order chi connectivity index (χ1) is 14.6. The topological polar surface area (TPSA) is 83.6 Å². The van der Waals surface area contributed by atoms with E-state index in [0.29, 0.717) is 28.8 Å². The number of amides is 3. The number of hydrogen-bond acceptors (Lipinski definition) is 4. The second kappa shape index (κ2) is 8.84. The molecule has 2 aromatic carbocycles. The summed E-state index contributed by atoms with van der Waals surface area (Å²) < 4.78 is 5.99. The number of hydrogen-bond donors (Lipinski definition) is 2. The van der Waals surface area contributed by atoms with Gasteiger partial charge in [-0.1, -0.05) is 29.8 Å². The molecule has 0 fully saturated rings. The van der Waals surface area contributed by atoms with Crippen molar-refractivity contribution >= 4 is 29.2 Å². The van der Waals surface area contributed by atoms with Crippen molar-refractivity contribution in [3.05, 3.63) is 83.1 Å². The van der Waals surface area contributed by atoms with Crippen LogP contribution in [0.4, 0.5) is 10.5 Å².